The summed E-state index contributed by atoms with van der Waals surface area (Å²) in [6, 6.07) is 9.45. The minimum Gasteiger partial charge on any atom is -0.476 e. The number of amides is 1. The molecule has 1 amide bonds. The number of ether oxygens (including phenoxy) is 2. The number of rotatable bonds is 10. The van der Waals surface area contributed by atoms with E-state index in [1.165, 1.54) is 13.3 Å². The van der Waals surface area contributed by atoms with Gasteiger partial charge in [-0.1, -0.05) is 23.7 Å². The summed E-state index contributed by atoms with van der Waals surface area (Å²) < 4.78 is 11.6. The average Bonchev–Trinajstić information content (AvgIpc) is 2.72. The van der Waals surface area contributed by atoms with Crippen molar-refractivity contribution >= 4 is 23.3 Å². The minimum atomic E-state index is -0.0535. The largest absolute Gasteiger partial charge is 0.476 e. The van der Waals surface area contributed by atoms with Crippen molar-refractivity contribution in [3.63, 3.8) is 0 Å². The third-order valence-electron chi connectivity index (χ3n) is 4.95. The van der Waals surface area contributed by atoms with Crippen LogP contribution in [0.5, 0.6) is 5.88 Å². The second kappa shape index (κ2) is 10.9. The highest BCUT2D eigenvalue weighted by Crippen LogP contribution is 2.33. The molecule has 0 spiro atoms. The Bertz CT molecular complexity index is 943. The highest BCUT2D eigenvalue weighted by Gasteiger charge is 2.31. The molecule has 0 saturated heterocycles. The maximum Gasteiger partial charge on any atom is 0.237 e. The molecule has 1 aromatic carbocycles. The lowest BCUT2D eigenvalue weighted by atomic mass is 9.83. The van der Waals surface area contributed by atoms with E-state index < -0.39 is 0 Å². The van der Waals surface area contributed by atoms with Crippen LogP contribution in [0.4, 0.5) is 5.82 Å². The van der Waals surface area contributed by atoms with Gasteiger partial charge in [-0.05, 0) is 43.4 Å². The van der Waals surface area contributed by atoms with E-state index in [0.717, 1.165) is 18.4 Å². The average molecular weight is 444 g/mol. The summed E-state index contributed by atoms with van der Waals surface area (Å²) in [4.78, 5) is 19.3. The summed E-state index contributed by atoms with van der Waals surface area (Å²) in [5, 5.41) is 15.3. The van der Waals surface area contributed by atoms with E-state index in [9.17, 15) is 4.79 Å². The fourth-order valence-electron chi connectivity index (χ4n) is 3.33. The fraction of sp³-hybridized carbons (Fsp3) is 0.455. The van der Waals surface area contributed by atoms with Crippen molar-refractivity contribution < 1.29 is 14.3 Å². The Hall–Kier alpha value is -2.89. The first-order valence-electron chi connectivity index (χ1n) is 10.2. The summed E-state index contributed by atoms with van der Waals surface area (Å²) in [6.07, 6.45) is 3.39. The first kappa shape index (κ1) is 22.8. The predicted octanol–water partition coefficient (Wildman–Crippen LogP) is 3.31. The number of halogens is 1. The molecule has 164 valence electrons. The molecular formula is C22H26ClN5O3. The van der Waals surface area contributed by atoms with Crippen LogP contribution in [0.3, 0.4) is 0 Å². The van der Waals surface area contributed by atoms with E-state index in [0.29, 0.717) is 48.0 Å². The number of nitrogens with zero attached hydrogens (tertiary/aromatic N) is 3. The number of nitriles is 1. The number of anilines is 1. The summed E-state index contributed by atoms with van der Waals surface area (Å²) in [5.41, 5.74) is 1.55. The number of benzene rings is 1. The number of carbonyl (C=O) groups excluding carboxylic acids is 1. The lowest BCUT2D eigenvalue weighted by Gasteiger charge is -2.35. The first-order chi connectivity index (χ1) is 14.9. The molecule has 31 heavy (non-hydrogen) atoms. The van der Waals surface area contributed by atoms with E-state index in [4.69, 9.17) is 26.3 Å². The Morgan fingerprint density at radius 3 is 2.94 bits per heavy atom. The van der Waals surface area contributed by atoms with Gasteiger partial charge in [0.1, 0.15) is 11.3 Å². The highest BCUT2D eigenvalue weighted by atomic mass is 35.5. The Kier molecular flexibility index (Phi) is 8.04. The summed E-state index contributed by atoms with van der Waals surface area (Å²) in [7, 11) is 0. The van der Waals surface area contributed by atoms with Crippen LogP contribution >= 0.6 is 11.6 Å². The fourth-order valence-corrected chi connectivity index (χ4v) is 3.55. The lowest BCUT2D eigenvalue weighted by molar-refractivity contribution is -0.120. The number of hydrogen-bond donors (Lipinski definition) is 2. The van der Waals surface area contributed by atoms with Crippen LogP contribution in [0.25, 0.3) is 0 Å². The lowest BCUT2D eigenvalue weighted by Crippen LogP contribution is -2.40. The maximum absolute atomic E-state index is 11.0. The van der Waals surface area contributed by atoms with Crippen LogP contribution in [0.1, 0.15) is 37.8 Å². The van der Waals surface area contributed by atoms with Gasteiger partial charge in [-0.3, -0.25) is 4.79 Å². The minimum absolute atomic E-state index is 0.000855. The predicted molar refractivity (Wildman–Crippen MR) is 117 cm³/mol. The zero-order valence-corrected chi connectivity index (χ0v) is 18.4. The van der Waals surface area contributed by atoms with E-state index in [2.05, 4.69) is 26.7 Å². The number of nitrogens with one attached hydrogen (secondary N) is 2. The van der Waals surface area contributed by atoms with Gasteiger partial charge in [-0.2, -0.15) is 5.26 Å². The molecule has 9 heteroatoms. The number of hydrogen-bond acceptors (Lipinski definition) is 7. The van der Waals surface area contributed by atoms with Crippen molar-refractivity contribution in [2.75, 3.05) is 18.5 Å². The topological polar surface area (TPSA) is 109 Å². The zero-order chi connectivity index (χ0) is 22.2. The van der Waals surface area contributed by atoms with Crippen LogP contribution in [-0.2, 0) is 16.1 Å². The molecule has 1 heterocycles. The monoisotopic (exact) mass is 443 g/mol. The Balaban J connectivity index is 1.43. The summed E-state index contributed by atoms with van der Waals surface area (Å²) in [5.74, 6) is 1.14. The van der Waals surface area contributed by atoms with Crippen LogP contribution in [-0.4, -0.2) is 41.2 Å². The van der Waals surface area contributed by atoms with Crippen molar-refractivity contribution in [1.29, 1.82) is 5.26 Å². The molecule has 1 saturated carbocycles. The highest BCUT2D eigenvalue weighted by molar-refractivity contribution is 6.34. The molecule has 1 aliphatic rings. The van der Waals surface area contributed by atoms with Crippen LogP contribution in [0.15, 0.2) is 30.6 Å². The van der Waals surface area contributed by atoms with Crippen molar-refractivity contribution in [3.8, 4) is 11.9 Å². The molecule has 0 unspecified atom stereocenters. The van der Waals surface area contributed by atoms with Gasteiger partial charge in [-0.15, -0.1) is 0 Å². The molecule has 2 aromatic rings. The summed E-state index contributed by atoms with van der Waals surface area (Å²) in [6.45, 7) is 4.90. The van der Waals surface area contributed by atoms with Gasteiger partial charge in [0.25, 0.3) is 0 Å². The van der Waals surface area contributed by atoms with Gasteiger partial charge in [-0.25, -0.2) is 9.97 Å². The second-order valence-electron chi connectivity index (χ2n) is 7.71. The molecule has 1 atom stereocenters. The Labute approximate surface area is 186 Å². The quantitative estimate of drug-likeness (QED) is 0.579. The van der Waals surface area contributed by atoms with Crippen molar-refractivity contribution in [1.82, 2.24) is 15.3 Å². The Morgan fingerprint density at radius 2 is 2.19 bits per heavy atom. The van der Waals surface area contributed by atoms with Crippen LogP contribution in [0, 0.1) is 17.2 Å². The molecule has 1 aliphatic carbocycles. The summed E-state index contributed by atoms with van der Waals surface area (Å²) >= 11 is 6.41. The second-order valence-corrected chi connectivity index (χ2v) is 8.09. The normalized spacial score (nSPS) is 18.4. The van der Waals surface area contributed by atoms with E-state index in [1.54, 1.807) is 6.07 Å². The maximum atomic E-state index is 11.0. The van der Waals surface area contributed by atoms with Gasteiger partial charge in [0.05, 0.1) is 31.0 Å². The smallest absolute Gasteiger partial charge is 0.237 e. The molecule has 0 radical (unpaired) electrons. The van der Waals surface area contributed by atoms with Crippen LogP contribution in [0.2, 0.25) is 5.02 Å². The Morgan fingerprint density at radius 1 is 1.39 bits per heavy atom. The SMILES string of the molecule is CC(=O)N[C@@H](C)CO[C@H]1C[C@H](COc2ncnc(NCc3cccc(C#N)c3)c2Cl)C1. The van der Waals surface area contributed by atoms with E-state index in [1.807, 2.05) is 25.1 Å². The van der Waals surface area contributed by atoms with Gasteiger partial charge >= 0.3 is 0 Å². The van der Waals surface area contributed by atoms with Gasteiger partial charge in [0, 0.05) is 19.5 Å². The number of carbonyl (C=O) groups is 1. The van der Waals surface area contributed by atoms with E-state index in [-0.39, 0.29) is 18.1 Å². The first-order valence-corrected chi connectivity index (χ1v) is 10.6. The molecule has 1 aromatic heterocycles. The van der Waals surface area contributed by atoms with Crippen molar-refractivity contribution in [2.24, 2.45) is 5.92 Å². The third kappa shape index (κ3) is 6.81. The molecular weight excluding hydrogens is 418 g/mol. The molecule has 3 rings (SSSR count). The molecule has 0 aliphatic heterocycles. The standard InChI is InChI=1S/C22H26ClN5O3/c1-14(28-15(2)29)11-30-19-7-18(8-19)12-31-22-20(23)21(26-13-27-22)25-10-17-5-3-4-16(6-17)9-24/h3-6,13-14,18-19H,7-8,10-12H2,1-2H3,(H,28,29)(H,25,26,27)/t14-,18-,19-/m0/s1. The van der Waals surface area contributed by atoms with Gasteiger partial charge in [0.2, 0.25) is 11.8 Å². The third-order valence-corrected chi connectivity index (χ3v) is 5.29. The van der Waals surface area contributed by atoms with Gasteiger partial charge < -0.3 is 20.1 Å². The molecule has 0 bridgehead atoms. The van der Waals surface area contributed by atoms with Crippen molar-refractivity contribution in [2.45, 2.75) is 45.4 Å². The van der Waals surface area contributed by atoms with Crippen molar-refractivity contribution in [3.05, 3.63) is 46.7 Å². The molecule has 2 N–H and O–H groups in total. The van der Waals surface area contributed by atoms with Crippen LogP contribution < -0.4 is 15.4 Å². The van der Waals surface area contributed by atoms with Gasteiger partial charge in [0.15, 0.2) is 5.82 Å². The number of aromatic nitrogens is 2. The molecule has 1 fully saturated rings. The molecule has 8 nitrogen and oxygen atoms in total. The zero-order valence-electron chi connectivity index (χ0n) is 17.6. The van der Waals surface area contributed by atoms with E-state index >= 15 is 0 Å².